The number of benzene rings is 1. The summed E-state index contributed by atoms with van der Waals surface area (Å²) in [5, 5.41) is 10.3. The van der Waals surface area contributed by atoms with Gasteiger partial charge in [0.2, 0.25) is 0 Å². The molecule has 0 heterocycles. The number of hydrogen-bond acceptors (Lipinski definition) is 2. The fourth-order valence-corrected chi connectivity index (χ4v) is 2.99. The Balaban J connectivity index is 2.31. The lowest BCUT2D eigenvalue weighted by Crippen LogP contribution is -2.35. The molecule has 1 aromatic carbocycles. The number of rotatable bonds is 4. The molecular formula is C14H19ClO2. The molecule has 1 aliphatic carbocycles. The second-order valence-electron chi connectivity index (χ2n) is 5.10. The first kappa shape index (κ1) is 12.7. The zero-order valence-corrected chi connectivity index (χ0v) is 11.2. The van der Waals surface area contributed by atoms with Crippen molar-refractivity contribution in [3.05, 3.63) is 28.3 Å². The molecule has 1 saturated carbocycles. The van der Waals surface area contributed by atoms with Gasteiger partial charge in [-0.25, -0.2) is 0 Å². The third-order valence-corrected chi connectivity index (χ3v) is 4.05. The van der Waals surface area contributed by atoms with Crippen LogP contribution in [-0.4, -0.2) is 18.8 Å². The third-order valence-electron chi connectivity index (χ3n) is 3.84. The van der Waals surface area contributed by atoms with Crippen molar-refractivity contribution in [2.45, 2.75) is 32.6 Å². The van der Waals surface area contributed by atoms with Crippen molar-refractivity contribution in [3.63, 3.8) is 0 Å². The highest BCUT2D eigenvalue weighted by Gasteiger charge is 2.37. The van der Waals surface area contributed by atoms with Crippen molar-refractivity contribution < 1.29 is 9.84 Å². The van der Waals surface area contributed by atoms with Crippen LogP contribution in [-0.2, 0) is 6.42 Å². The van der Waals surface area contributed by atoms with Crippen LogP contribution in [0.2, 0.25) is 5.02 Å². The van der Waals surface area contributed by atoms with Crippen LogP contribution in [0.1, 0.15) is 30.4 Å². The van der Waals surface area contributed by atoms with Crippen molar-refractivity contribution in [2.24, 2.45) is 5.41 Å². The average molecular weight is 255 g/mol. The van der Waals surface area contributed by atoms with Gasteiger partial charge >= 0.3 is 0 Å². The highest BCUT2D eigenvalue weighted by atomic mass is 35.5. The monoisotopic (exact) mass is 254 g/mol. The van der Waals surface area contributed by atoms with Gasteiger partial charge in [-0.1, -0.05) is 18.0 Å². The van der Waals surface area contributed by atoms with E-state index in [4.69, 9.17) is 16.3 Å². The third kappa shape index (κ3) is 2.43. The molecule has 0 aromatic heterocycles. The van der Waals surface area contributed by atoms with Gasteiger partial charge in [-0.05, 0) is 54.9 Å². The minimum Gasteiger partial charge on any atom is -0.496 e. The van der Waals surface area contributed by atoms with Crippen LogP contribution < -0.4 is 4.74 Å². The summed E-state index contributed by atoms with van der Waals surface area (Å²) in [5.74, 6) is 0.911. The molecule has 2 nitrogen and oxygen atoms in total. The van der Waals surface area contributed by atoms with Crippen molar-refractivity contribution >= 4 is 11.6 Å². The SMILES string of the molecule is COc1c(C)cc(Cl)cc1CC1(CO)CCC1. The number of aryl methyl sites for hydroxylation is 1. The number of aliphatic hydroxyl groups excluding tert-OH is 1. The molecular weight excluding hydrogens is 236 g/mol. The van der Waals surface area contributed by atoms with Crippen LogP contribution in [0, 0.1) is 12.3 Å². The van der Waals surface area contributed by atoms with Crippen LogP contribution in [0.15, 0.2) is 12.1 Å². The fraction of sp³-hybridized carbons (Fsp3) is 0.571. The lowest BCUT2D eigenvalue weighted by atomic mass is 9.66. The Hall–Kier alpha value is -0.730. The van der Waals surface area contributed by atoms with Gasteiger partial charge in [0.1, 0.15) is 5.75 Å². The Bertz CT molecular complexity index is 405. The Morgan fingerprint density at radius 2 is 2.12 bits per heavy atom. The van der Waals surface area contributed by atoms with Gasteiger partial charge in [-0.15, -0.1) is 0 Å². The van der Waals surface area contributed by atoms with E-state index >= 15 is 0 Å². The van der Waals surface area contributed by atoms with Gasteiger partial charge in [-0.2, -0.15) is 0 Å². The molecule has 0 amide bonds. The maximum Gasteiger partial charge on any atom is 0.125 e. The summed E-state index contributed by atoms with van der Waals surface area (Å²) in [4.78, 5) is 0. The summed E-state index contributed by atoms with van der Waals surface area (Å²) in [6, 6.07) is 3.87. The molecule has 1 aliphatic rings. The van der Waals surface area contributed by atoms with Gasteiger partial charge < -0.3 is 9.84 Å². The quantitative estimate of drug-likeness (QED) is 0.893. The van der Waals surface area contributed by atoms with E-state index < -0.39 is 0 Å². The zero-order valence-electron chi connectivity index (χ0n) is 10.4. The lowest BCUT2D eigenvalue weighted by Gasteiger charge is -2.40. The van der Waals surface area contributed by atoms with Gasteiger partial charge in [0, 0.05) is 11.6 Å². The first-order valence-corrected chi connectivity index (χ1v) is 6.42. The summed E-state index contributed by atoms with van der Waals surface area (Å²) in [6.45, 7) is 2.25. The Labute approximate surface area is 108 Å². The van der Waals surface area contributed by atoms with Gasteiger partial charge in [0.05, 0.1) is 7.11 Å². The second-order valence-corrected chi connectivity index (χ2v) is 5.54. The molecule has 0 bridgehead atoms. The maximum atomic E-state index is 9.53. The molecule has 2 rings (SSSR count). The van der Waals surface area contributed by atoms with Crippen molar-refractivity contribution in [2.75, 3.05) is 13.7 Å². The molecule has 1 N–H and O–H groups in total. The highest BCUT2D eigenvalue weighted by molar-refractivity contribution is 6.30. The first-order valence-electron chi connectivity index (χ1n) is 6.04. The van der Waals surface area contributed by atoms with Crippen molar-refractivity contribution in [1.82, 2.24) is 0 Å². The van der Waals surface area contributed by atoms with E-state index in [0.29, 0.717) is 0 Å². The molecule has 1 fully saturated rings. The van der Waals surface area contributed by atoms with E-state index in [2.05, 4.69) is 0 Å². The van der Waals surface area contributed by atoms with E-state index in [9.17, 15) is 5.11 Å². The van der Waals surface area contributed by atoms with E-state index in [1.807, 2.05) is 19.1 Å². The predicted octanol–water partition coefficient (Wildman–Crippen LogP) is 3.36. The largest absolute Gasteiger partial charge is 0.496 e. The summed E-state index contributed by atoms with van der Waals surface area (Å²) in [5.41, 5.74) is 2.23. The van der Waals surface area contributed by atoms with Crippen molar-refractivity contribution in [1.29, 1.82) is 0 Å². The van der Waals surface area contributed by atoms with Crippen molar-refractivity contribution in [3.8, 4) is 5.75 Å². The molecule has 1 aromatic rings. The number of hydrogen-bond donors (Lipinski definition) is 1. The molecule has 17 heavy (non-hydrogen) atoms. The first-order chi connectivity index (χ1) is 8.10. The lowest BCUT2D eigenvalue weighted by molar-refractivity contribution is 0.0445. The maximum absolute atomic E-state index is 9.53. The van der Waals surface area contributed by atoms with Gasteiger partial charge in [-0.3, -0.25) is 0 Å². The second kappa shape index (κ2) is 4.87. The Kier molecular flexibility index (Phi) is 3.64. The molecule has 0 aliphatic heterocycles. The van der Waals surface area contributed by atoms with Gasteiger partial charge in [0.25, 0.3) is 0 Å². The highest BCUT2D eigenvalue weighted by Crippen LogP contribution is 2.45. The minimum absolute atomic E-state index is 0.0599. The number of halogens is 1. The van der Waals surface area contributed by atoms with Crippen LogP contribution >= 0.6 is 11.6 Å². The molecule has 0 atom stereocenters. The smallest absolute Gasteiger partial charge is 0.125 e. The normalized spacial score (nSPS) is 17.6. The topological polar surface area (TPSA) is 29.5 Å². The van der Waals surface area contributed by atoms with E-state index in [-0.39, 0.29) is 12.0 Å². The molecule has 3 heteroatoms. The Morgan fingerprint density at radius 3 is 2.59 bits per heavy atom. The summed E-state index contributed by atoms with van der Waals surface area (Å²) < 4.78 is 5.45. The van der Waals surface area contributed by atoms with E-state index in [0.717, 1.165) is 41.2 Å². The fourth-order valence-electron chi connectivity index (χ4n) is 2.69. The predicted molar refractivity (Wildman–Crippen MR) is 69.8 cm³/mol. The van der Waals surface area contributed by atoms with Crippen LogP contribution in [0.4, 0.5) is 0 Å². The molecule has 0 spiro atoms. The molecule has 0 unspecified atom stereocenters. The van der Waals surface area contributed by atoms with Crippen LogP contribution in [0.5, 0.6) is 5.75 Å². The molecule has 0 saturated heterocycles. The molecule has 0 radical (unpaired) electrons. The van der Waals surface area contributed by atoms with E-state index in [1.165, 1.54) is 6.42 Å². The van der Waals surface area contributed by atoms with Crippen LogP contribution in [0.3, 0.4) is 0 Å². The number of ether oxygens (including phenoxy) is 1. The van der Waals surface area contributed by atoms with Crippen LogP contribution in [0.25, 0.3) is 0 Å². The summed E-state index contributed by atoms with van der Waals surface area (Å²) in [7, 11) is 1.69. The standard InChI is InChI=1S/C14H19ClO2/c1-10-6-12(15)7-11(13(10)17-2)8-14(9-16)4-3-5-14/h6-7,16H,3-5,8-9H2,1-2H3. The number of aliphatic hydroxyl groups is 1. The number of methoxy groups -OCH3 is 1. The Morgan fingerprint density at radius 1 is 1.41 bits per heavy atom. The minimum atomic E-state index is 0.0599. The zero-order chi connectivity index (χ0) is 12.5. The van der Waals surface area contributed by atoms with E-state index in [1.54, 1.807) is 7.11 Å². The molecule has 94 valence electrons. The van der Waals surface area contributed by atoms with Gasteiger partial charge in [0.15, 0.2) is 0 Å². The summed E-state index contributed by atoms with van der Waals surface area (Å²) in [6.07, 6.45) is 4.26. The average Bonchev–Trinajstić information content (AvgIpc) is 2.23. The summed E-state index contributed by atoms with van der Waals surface area (Å²) >= 11 is 6.09.